The number of hydrogen-bond acceptors (Lipinski definition) is 2. The van der Waals surface area contributed by atoms with E-state index >= 15 is 0 Å². The average Bonchev–Trinajstić information content (AvgIpc) is 2.28. The second-order valence-electron chi connectivity index (χ2n) is 5.08. The quantitative estimate of drug-likeness (QED) is 0.753. The van der Waals surface area contributed by atoms with Gasteiger partial charge < -0.3 is 10.6 Å². The summed E-state index contributed by atoms with van der Waals surface area (Å²) in [7, 11) is 1.70. The Morgan fingerprint density at radius 1 is 1.44 bits per heavy atom. The van der Waals surface area contributed by atoms with Crippen LogP contribution in [0.25, 0.3) is 0 Å². The van der Waals surface area contributed by atoms with E-state index in [1.807, 2.05) is 0 Å². The molecule has 0 bridgehead atoms. The highest BCUT2D eigenvalue weighted by Gasteiger charge is 2.22. The van der Waals surface area contributed by atoms with Crippen molar-refractivity contribution in [2.45, 2.75) is 64.5 Å². The van der Waals surface area contributed by atoms with Crippen LogP contribution in [0.3, 0.4) is 0 Å². The molecule has 94 valence electrons. The summed E-state index contributed by atoms with van der Waals surface area (Å²) in [4.78, 5) is 11.2. The van der Waals surface area contributed by atoms with Gasteiger partial charge in [-0.05, 0) is 25.7 Å². The lowest BCUT2D eigenvalue weighted by atomic mass is 9.84. The molecule has 0 aromatic heterocycles. The van der Waals surface area contributed by atoms with Crippen molar-refractivity contribution in [1.82, 2.24) is 10.6 Å². The van der Waals surface area contributed by atoms with Crippen molar-refractivity contribution in [2.24, 2.45) is 5.92 Å². The van der Waals surface area contributed by atoms with Gasteiger partial charge in [-0.25, -0.2) is 0 Å². The van der Waals surface area contributed by atoms with E-state index in [1.165, 1.54) is 32.1 Å². The molecule has 1 fully saturated rings. The first kappa shape index (κ1) is 13.5. The second kappa shape index (κ2) is 6.89. The van der Waals surface area contributed by atoms with E-state index in [1.54, 1.807) is 7.05 Å². The molecule has 0 aromatic rings. The van der Waals surface area contributed by atoms with E-state index in [4.69, 9.17) is 0 Å². The van der Waals surface area contributed by atoms with Gasteiger partial charge in [0.1, 0.15) is 0 Å². The van der Waals surface area contributed by atoms with E-state index in [-0.39, 0.29) is 5.91 Å². The van der Waals surface area contributed by atoms with Crippen molar-refractivity contribution in [3.05, 3.63) is 0 Å². The summed E-state index contributed by atoms with van der Waals surface area (Å²) in [5, 5.41) is 6.26. The first-order valence-electron chi connectivity index (χ1n) is 6.62. The monoisotopic (exact) mass is 226 g/mol. The van der Waals surface area contributed by atoms with Crippen LogP contribution in [0.4, 0.5) is 0 Å². The molecule has 0 radical (unpaired) electrons. The molecule has 3 nitrogen and oxygen atoms in total. The second-order valence-corrected chi connectivity index (χ2v) is 5.08. The minimum atomic E-state index is 0.128. The molecule has 0 heterocycles. The molecular formula is C13H26N2O. The summed E-state index contributed by atoms with van der Waals surface area (Å²) in [6.07, 6.45) is 7.16. The number of carbonyl (C=O) groups excluding carboxylic acids is 1. The molecule has 1 rings (SSSR count). The predicted octanol–water partition coefficient (Wildman–Crippen LogP) is 2.07. The SMILES string of the molecule is CCC1CCCC(NC(C)CC(=O)NC)C1. The molecule has 1 aliphatic rings. The van der Waals surface area contributed by atoms with Crippen molar-refractivity contribution < 1.29 is 4.79 Å². The van der Waals surface area contributed by atoms with Crippen molar-refractivity contribution in [1.29, 1.82) is 0 Å². The lowest BCUT2D eigenvalue weighted by Gasteiger charge is -2.31. The molecule has 0 aliphatic heterocycles. The molecule has 2 N–H and O–H groups in total. The van der Waals surface area contributed by atoms with Crippen LogP contribution < -0.4 is 10.6 Å². The zero-order chi connectivity index (χ0) is 12.0. The normalized spacial score (nSPS) is 27.4. The Labute approximate surface area is 99.4 Å². The van der Waals surface area contributed by atoms with Crippen LogP contribution in [0.15, 0.2) is 0 Å². The third kappa shape index (κ3) is 4.52. The summed E-state index contributed by atoms with van der Waals surface area (Å²) in [6.45, 7) is 4.38. The van der Waals surface area contributed by atoms with Gasteiger partial charge >= 0.3 is 0 Å². The maximum atomic E-state index is 11.2. The first-order valence-corrected chi connectivity index (χ1v) is 6.62. The fraction of sp³-hybridized carbons (Fsp3) is 0.923. The Bertz CT molecular complexity index is 218. The van der Waals surface area contributed by atoms with Crippen LogP contribution in [-0.2, 0) is 4.79 Å². The fourth-order valence-electron chi connectivity index (χ4n) is 2.65. The fourth-order valence-corrected chi connectivity index (χ4v) is 2.65. The molecule has 16 heavy (non-hydrogen) atoms. The standard InChI is InChI=1S/C13H26N2O/c1-4-11-6-5-7-12(9-11)15-10(2)8-13(16)14-3/h10-12,15H,4-9H2,1-3H3,(H,14,16). The van der Waals surface area contributed by atoms with Gasteiger partial charge in [0.05, 0.1) is 0 Å². The largest absolute Gasteiger partial charge is 0.359 e. The van der Waals surface area contributed by atoms with Crippen LogP contribution in [-0.4, -0.2) is 25.0 Å². The Morgan fingerprint density at radius 3 is 2.81 bits per heavy atom. The smallest absolute Gasteiger partial charge is 0.221 e. The van der Waals surface area contributed by atoms with Crippen molar-refractivity contribution in [2.75, 3.05) is 7.05 Å². The van der Waals surface area contributed by atoms with E-state index in [0.29, 0.717) is 18.5 Å². The molecule has 1 amide bonds. The summed E-state index contributed by atoms with van der Waals surface area (Å²) in [5.74, 6) is 1.02. The van der Waals surface area contributed by atoms with Crippen LogP contribution in [0.1, 0.15) is 52.4 Å². The number of rotatable bonds is 5. The minimum absolute atomic E-state index is 0.128. The minimum Gasteiger partial charge on any atom is -0.359 e. The Kier molecular flexibility index (Phi) is 5.81. The third-order valence-electron chi connectivity index (χ3n) is 3.65. The molecule has 3 heteroatoms. The van der Waals surface area contributed by atoms with Crippen LogP contribution in [0, 0.1) is 5.92 Å². The molecule has 0 aromatic carbocycles. The van der Waals surface area contributed by atoms with E-state index in [9.17, 15) is 4.79 Å². The highest BCUT2D eigenvalue weighted by atomic mass is 16.1. The van der Waals surface area contributed by atoms with Crippen molar-refractivity contribution >= 4 is 5.91 Å². The zero-order valence-electron chi connectivity index (χ0n) is 10.9. The maximum absolute atomic E-state index is 11.2. The highest BCUT2D eigenvalue weighted by molar-refractivity contribution is 5.76. The van der Waals surface area contributed by atoms with Gasteiger partial charge in [-0.15, -0.1) is 0 Å². The van der Waals surface area contributed by atoms with Gasteiger partial charge in [-0.1, -0.05) is 26.2 Å². The van der Waals surface area contributed by atoms with Crippen LogP contribution >= 0.6 is 0 Å². The van der Waals surface area contributed by atoms with E-state index in [0.717, 1.165) is 5.92 Å². The van der Waals surface area contributed by atoms with Crippen molar-refractivity contribution in [3.63, 3.8) is 0 Å². The Balaban J connectivity index is 2.27. The predicted molar refractivity (Wildman–Crippen MR) is 67.3 cm³/mol. The van der Waals surface area contributed by atoms with Gasteiger partial charge in [0, 0.05) is 25.6 Å². The highest BCUT2D eigenvalue weighted by Crippen LogP contribution is 2.26. The first-order chi connectivity index (χ1) is 7.65. The number of carbonyl (C=O) groups is 1. The molecule has 1 saturated carbocycles. The Morgan fingerprint density at radius 2 is 2.19 bits per heavy atom. The molecule has 0 spiro atoms. The molecule has 3 unspecified atom stereocenters. The van der Waals surface area contributed by atoms with Gasteiger partial charge in [-0.2, -0.15) is 0 Å². The van der Waals surface area contributed by atoms with Crippen LogP contribution in [0.2, 0.25) is 0 Å². The molecule has 0 saturated heterocycles. The van der Waals surface area contributed by atoms with E-state index in [2.05, 4.69) is 24.5 Å². The average molecular weight is 226 g/mol. The molecule has 1 aliphatic carbocycles. The Hall–Kier alpha value is -0.570. The summed E-state index contributed by atoms with van der Waals surface area (Å²) in [6, 6.07) is 0.916. The summed E-state index contributed by atoms with van der Waals surface area (Å²) in [5.41, 5.74) is 0. The van der Waals surface area contributed by atoms with E-state index < -0.39 is 0 Å². The summed E-state index contributed by atoms with van der Waals surface area (Å²) < 4.78 is 0. The lowest BCUT2D eigenvalue weighted by Crippen LogP contribution is -2.41. The third-order valence-corrected chi connectivity index (χ3v) is 3.65. The lowest BCUT2D eigenvalue weighted by molar-refractivity contribution is -0.121. The van der Waals surface area contributed by atoms with Gasteiger partial charge in [0.25, 0.3) is 0 Å². The number of amides is 1. The number of nitrogens with one attached hydrogen (secondary N) is 2. The van der Waals surface area contributed by atoms with Gasteiger partial charge in [-0.3, -0.25) is 4.79 Å². The maximum Gasteiger partial charge on any atom is 0.221 e. The zero-order valence-corrected chi connectivity index (χ0v) is 10.9. The topological polar surface area (TPSA) is 41.1 Å². The number of hydrogen-bond donors (Lipinski definition) is 2. The van der Waals surface area contributed by atoms with Crippen molar-refractivity contribution in [3.8, 4) is 0 Å². The van der Waals surface area contributed by atoms with Gasteiger partial charge in [0.2, 0.25) is 5.91 Å². The van der Waals surface area contributed by atoms with Crippen LogP contribution in [0.5, 0.6) is 0 Å². The molecular weight excluding hydrogens is 200 g/mol. The summed E-state index contributed by atoms with van der Waals surface area (Å²) >= 11 is 0. The van der Waals surface area contributed by atoms with Gasteiger partial charge in [0.15, 0.2) is 0 Å². The molecule has 3 atom stereocenters.